The maximum atomic E-state index is 6.12. The minimum atomic E-state index is 0.218. The van der Waals surface area contributed by atoms with Crippen LogP contribution in [0.5, 0.6) is 11.5 Å². The molecule has 0 radical (unpaired) electrons. The van der Waals surface area contributed by atoms with Gasteiger partial charge in [-0.05, 0) is 42.3 Å². The van der Waals surface area contributed by atoms with E-state index >= 15 is 0 Å². The van der Waals surface area contributed by atoms with E-state index in [9.17, 15) is 0 Å². The minimum absolute atomic E-state index is 0.218. The van der Waals surface area contributed by atoms with Crippen molar-refractivity contribution in [2.75, 3.05) is 19.0 Å². The smallest absolute Gasteiger partial charge is 0.162 e. The van der Waals surface area contributed by atoms with Crippen LogP contribution in [0.3, 0.4) is 0 Å². The number of halogens is 1. The fourth-order valence-corrected chi connectivity index (χ4v) is 2.23. The summed E-state index contributed by atoms with van der Waals surface area (Å²) >= 11 is 6.12. The van der Waals surface area contributed by atoms with Crippen molar-refractivity contribution in [2.24, 2.45) is 0 Å². The summed E-state index contributed by atoms with van der Waals surface area (Å²) < 4.78 is 10.8. The van der Waals surface area contributed by atoms with Gasteiger partial charge in [-0.25, -0.2) is 0 Å². The van der Waals surface area contributed by atoms with Gasteiger partial charge in [0.25, 0.3) is 0 Å². The Morgan fingerprint density at radius 3 is 2.77 bits per heavy atom. The number of hydrogen-bond acceptors (Lipinski definition) is 3. The summed E-state index contributed by atoms with van der Waals surface area (Å²) in [7, 11) is 1.61. The van der Waals surface area contributed by atoms with Gasteiger partial charge in [0.1, 0.15) is 6.61 Å². The van der Waals surface area contributed by atoms with Crippen molar-refractivity contribution in [2.45, 2.75) is 13.5 Å². The molecular formula is C18H18ClNO2. The van der Waals surface area contributed by atoms with Gasteiger partial charge in [-0.3, -0.25) is 0 Å². The number of benzene rings is 2. The van der Waals surface area contributed by atoms with Gasteiger partial charge in [0.15, 0.2) is 11.5 Å². The summed E-state index contributed by atoms with van der Waals surface area (Å²) in [5.74, 6) is 3.74. The Kier molecular flexibility index (Phi) is 5.57. The normalized spacial score (nSPS) is 9.91. The molecular weight excluding hydrogens is 298 g/mol. The van der Waals surface area contributed by atoms with E-state index in [0.29, 0.717) is 18.0 Å². The number of rotatable bonds is 6. The highest BCUT2D eigenvalue weighted by Gasteiger charge is 2.06. The maximum Gasteiger partial charge on any atom is 0.162 e. The number of ether oxygens (including phenoxy) is 2. The van der Waals surface area contributed by atoms with E-state index in [1.807, 2.05) is 43.3 Å². The maximum absolute atomic E-state index is 6.12. The summed E-state index contributed by atoms with van der Waals surface area (Å²) in [5.41, 5.74) is 3.12. The molecule has 0 aromatic heterocycles. The van der Waals surface area contributed by atoms with Gasteiger partial charge >= 0.3 is 0 Å². The summed E-state index contributed by atoms with van der Waals surface area (Å²) in [4.78, 5) is 0. The fourth-order valence-electron chi connectivity index (χ4n) is 2.06. The number of terminal acetylenes is 1. The van der Waals surface area contributed by atoms with Crippen molar-refractivity contribution in [3.63, 3.8) is 0 Å². The van der Waals surface area contributed by atoms with E-state index in [4.69, 9.17) is 27.5 Å². The van der Waals surface area contributed by atoms with Gasteiger partial charge in [0.05, 0.1) is 7.11 Å². The lowest BCUT2D eigenvalue weighted by Gasteiger charge is -2.13. The molecule has 1 N–H and O–H groups in total. The van der Waals surface area contributed by atoms with Crippen molar-refractivity contribution in [1.29, 1.82) is 0 Å². The molecule has 0 heterocycles. The molecule has 4 heteroatoms. The highest BCUT2D eigenvalue weighted by atomic mass is 35.5. The van der Waals surface area contributed by atoms with Gasteiger partial charge < -0.3 is 14.8 Å². The summed E-state index contributed by atoms with van der Waals surface area (Å²) in [6, 6.07) is 11.6. The summed E-state index contributed by atoms with van der Waals surface area (Å²) in [6.07, 6.45) is 5.20. The van der Waals surface area contributed by atoms with Crippen molar-refractivity contribution >= 4 is 17.3 Å². The van der Waals surface area contributed by atoms with Gasteiger partial charge in [0.2, 0.25) is 0 Å². The number of hydrogen-bond donors (Lipinski definition) is 1. The second-order valence-corrected chi connectivity index (χ2v) is 5.15. The van der Waals surface area contributed by atoms with E-state index < -0.39 is 0 Å². The molecule has 2 aromatic carbocycles. The third-order valence-corrected chi connectivity index (χ3v) is 3.70. The first-order valence-corrected chi connectivity index (χ1v) is 7.25. The number of methoxy groups -OCH3 is 1. The molecule has 0 aliphatic heterocycles. The average molecular weight is 316 g/mol. The highest BCUT2D eigenvalue weighted by Crippen LogP contribution is 2.29. The zero-order valence-corrected chi connectivity index (χ0v) is 13.4. The Hall–Kier alpha value is -2.31. The molecule has 2 aromatic rings. The molecule has 0 atom stereocenters. The molecule has 0 saturated carbocycles. The van der Waals surface area contributed by atoms with Crippen LogP contribution >= 0.6 is 11.6 Å². The average Bonchev–Trinajstić information content (AvgIpc) is 2.54. The molecule has 22 heavy (non-hydrogen) atoms. The first-order chi connectivity index (χ1) is 10.7. The number of anilines is 1. The highest BCUT2D eigenvalue weighted by molar-refractivity contribution is 6.31. The van der Waals surface area contributed by atoms with Crippen molar-refractivity contribution in [1.82, 2.24) is 0 Å². The molecule has 0 aliphatic rings. The van der Waals surface area contributed by atoms with Gasteiger partial charge in [-0.15, -0.1) is 6.42 Å². The quantitative estimate of drug-likeness (QED) is 0.807. The molecule has 0 spiro atoms. The van der Waals surface area contributed by atoms with Gasteiger partial charge in [0, 0.05) is 17.3 Å². The van der Waals surface area contributed by atoms with Crippen molar-refractivity contribution in [3.05, 3.63) is 52.5 Å². The second-order valence-electron chi connectivity index (χ2n) is 4.74. The van der Waals surface area contributed by atoms with Crippen LogP contribution in [0.2, 0.25) is 5.02 Å². The topological polar surface area (TPSA) is 30.5 Å². The standard InChI is InChI=1S/C18H18ClNO2/c1-4-10-22-17-9-8-14(11-18(17)21-3)12-20-16-7-5-6-15(19)13(16)2/h1,5-9,11,20H,10,12H2,2-3H3. The molecule has 114 valence electrons. The predicted octanol–water partition coefficient (Wildman–Crippen LogP) is 4.28. The lowest BCUT2D eigenvalue weighted by atomic mass is 10.1. The second kappa shape index (κ2) is 7.63. The van der Waals surface area contributed by atoms with Crippen LogP contribution in [0.25, 0.3) is 0 Å². The Balaban J connectivity index is 2.10. The van der Waals surface area contributed by atoms with Crippen LogP contribution in [-0.2, 0) is 6.54 Å². The summed E-state index contributed by atoms with van der Waals surface area (Å²) in [5, 5.41) is 4.12. The van der Waals surface area contributed by atoms with E-state index in [-0.39, 0.29) is 6.61 Å². The molecule has 0 aliphatic carbocycles. The van der Waals surface area contributed by atoms with Crippen LogP contribution in [-0.4, -0.2) is 13.7 Å². The van der Waals surface area contributed by atoms with Crippen LogP contribution < -0.4 is 14.8 Å². The van der Waals surface area contributed by atoms with Crippen molar-refractivity contribution in [3.8, 4) is 23.8 Å². The largest absolute Gasteiger partial charge is 0.493 e. The molecule has 0 bridgehead atoms. The minimum Gasteiger partial charge on any atom is -0.493 e. The zero-order valence-electron chi connectivity index (χ0n) is 12.7. The number of nitrogens with one attached hydrogen (secondary N) is 1. The lowest BCUT2D eigenvalue weighted by Crippen LogP contribution is -2.03. The van der Waals surface area contributed by atoms with Crippen LogP contribution in [0, 0.1) is 19.3 Å². The molecule has 0 fully saturated rings. The Morgan fingerprint density at radius 1 is 1.23 bits per heavy atom. The Morgan fingerprint density at radius 2 is 2.05 bits per heavy atom. The van der Waals surface area contributed by atoms with E-state index in [1.165, 1.54) is 0 Å². The fraction of sp³-hybridized carbons (Fsp3) is 0.222. The molecule has 0 unspecified atom stereocenters. The van der Waals surface area contributed by atoms with Crippen LogP contribution in [0.15, 0.2) is 36.4 Å². The van der Waals surface area contributed by atoms with E-state index in [0.717, 1.165) is 21.8 Å². The van der Waals surface area contributed by atoms with E-state index in [2.05, 4.69) is 11.2 Å². The summed E-state index contributed by atoms with van der Waals surface area (Å²) in [6.45, 7) is 2.87. The van der Waals surface area contributed by atoms with Crippen LogP contribution in [0.4, 0.5) is 5.69 Å². The van der Waals surface area contributed by atoms with Crippen molar-refractivity contribution < 1.29 is 9.47 Å². The molecule has 0 amide bonds. The van der Waals surface area contributed by atoms with Crippen LogP contribution in [0.1, 0.15) is 11.1 Å². The van der Waals surface area contributed by atoms with Gasteiger partial charge in [-0.2, -0.15) is 0 Å². The first kappa shape index (κ1) is 16.1. The third kappa shape index (κ3) is 3.87. The molecule has 0 saturated heterocycles. The monoisotopic (exact) mass is 315 g/mol. The lowest BCUT2D eigenvalue weighted by molar-refractivity contribution is 0.330. The Bertz CT molecular complexity index is 692. The SMILES string of the molecule is C#CCOc1ccc(CNc2cccc(Cl)c2C)cc1OC. The third-order valence-electron chi connectivity index (χ3n) is 3.29. The Labute approximate surface area is 136 Å². The van der Waals surface area contributed by atoms with Gasteiger partial charge in [-0.1, -0.05) is 29.7 Å². The zero-order chi connectivity index (χ0) is 15.9. The predicted molar refractivity (Wildman–Crippen MR) is 90.8 cm³/mol. The molecule has 2 rings (SSSR count). The molecule has 3 nitrogen and oxygen atoms in total. The first-order valence-electron chi connectivity index (χ1n) is 6.88. The van der Waals surface area contributed by atoms with E-state index in [1.54, 1.807) is 7.11 Å².